The van der Waals surface area contributed by atoms with Crippen LogP contribution in [0.15, 0.2) is 77.9 Å². The molecule has 0 bridgehead atoms. The smallest absolute Gasteiger partial charge is 0.410 e. The van der Waals surface area contributed by atoms with Gasteiger partial charge in [0.1, 0.15) is 24.4 Å². The quantitative estimate of drug-likeness (QED) is 0.0127. The zero-order valence-corrected chi connectivity index (χ0v) is 64.4. The van der Waals surface area contributed by atoms with E-state index in [2.05, 4.69) is 37.1 Å². The maximum atomic E-state index is 14.0. The molecule has 0 saturated carbocycles. The summed E-state index contributed by atoms with van der Waals surface area (Å²) in [7, 11) is 7.49. The third-order valence-electron chi connectivity index (χ3n) is 18.9. The van der Waals surface area contributed by atoms with Crippen molar-refractivity contribution in [2.45, 2.75) is 206 Å². The predicted molar refractivity (Wildman–Crippen MR) is 398 cm³/mol. The van der Waals surface area contributed by atoms with Crippen molar-refractivity contribution < 1.29 is 81.7 Å². The fourth-order valence-electron chi connectivity index (χ4n) is 12.8. The van der Waals surface area contributed by atoms with Crippen molar-refractivity contribution in [1.82, 2.24) is 46.5 Å². The van der Waals surface area contributed by atoms with Crippen molar-refractivity contribution in [3.63, 3.8) is 0 Å². The first kappa shape index (κ1) is 85.3. The van der Waals surface area contributed by atoms with Gasteiger partial charge in [-0.3, -0.25) is 52.8 Å². The van der Waals surface area contributed by atoms with Crippen LogP contribution in [0.25, 0.3) is 0 Å². The zero-order chi connectivity index (χ0) is 77.2. The van der Waals surface area contributed by atoms with E-state index in [0.717, 1.165) is 23.3 Å². The van der Waals surface area contributed by atoms with Crippen LogP contribution < -0.4 is 36.7 Å². The molecule has 0 unspecified atom stereocenters. The van der Waals surface area contributed by atoms with Crippen LogP contribution >= 0.6 is 21.6 Å². The Balaban J connectivity index is 0.857. The number of nitrogens with one attached hydrogen (secondary N) is 6. The van der Waals surface area contributed by atoms with Crippen LogP contribution in [0, 0.1) is 23.7 Å². The second-order valence-corrected chi connectivity index (χ2v) is 31.4. The molecule has 0 spiro atoms. The van der Waals surface area contributed by atoms with Gasteiger partial charge in [0.2, 0.25) is 47.3 Å². The van der Waals surface area contributed by atoms with Crippen LogP contribution in [-0.4, -0.2) is 196 Å². The van der Waals surface area contributed by atoms with Crippen molar-refractivity contribution in [2.24, 2.45) is 28.8 Å². The Bertz CT molecular complexity index is 3530. The zero-order valence-electron chi connectivity index (χ0n) is 62.7. The Morgan fingerprint density at radius 2 is 1.45 bits per heavy atom. The van der Waals surface area contributed by atoms with Crippen LogP contribution in [0.1, 0.15) is 175 Å². The van der Waals surface area contributed by atoms with Crippen molar-refractivity contribution in [3.05, 3.63) is 95.1 Å². The maximum Gasteiger partial charge on any atom is 0.410 e. The first-order valence-corrected chi connectivity index (χ1v) is 38.4. The monoisotopic (exact) mass is 1500 g/mol. The van der Waals surface area contributed by atoms with Gasteiger partial charge in [0.15, 0.2) is 0 Å². The van der Waals surface area contributed by atoms with E-state index >= 15 is 0 Å². The molecule has 576 valence electrons. The number of carbonyl (C=O) groups excluding carboxylic acids is 12. The summed E-state index contributed by atoms with van der Waals surface area (Å²) in [6.45, 7) is 18.2. The number of methoxy groups -OCH3 is 1. The number of hydrazone groups is 1. The number of likely N-dealkylation sites (tertiary alicyclic amines) is 1. The maximum absolute atomic E-state index is 14.0. The second-order valence-electron chi connectivity index (χ2n) is 28.3. The van der Waals surface area contributed by atoms with E-state index in [-0.39, 0.29) is 124 Å². The number of hydrogen-bond donors (Lipinski definition) is 7. The van der Waals surface area contributed by atoms with Crippen molar-refractivity contribution >= 4 is 104 Å². The molecule has 2 aliphatic heterocycles. The third kappa shape index (κ3) is 25.9. The van der Waals surface area contributed by atoms with Gasteiger partial charge in [-0.15, -0.1) is 5.06 Å². The lowest BCUT2D eigenvalue weighted by molar-refractivity contribution is -0.197. The number of rotatable bonds is 40. The highest BCUT2D eigenvalue weighted by Gasteiger charge is 2.41. The fourth-order valence-corrected chi connectivity index (χ4v) is 15.3. The number of fused-ring (bicyclic) bond motifs is 1. The molecule has 6 rings (SSSR count). The molecular weight excluding hydrogens is 1390 g/mol. The van der Waals surface area contributed by atoms with Gasteiger partial charge in [0.05, 0.1) is 62.0 Å². The number of carbonyl (C=O) groups is 12. The van der Waals surface area contributed by atoms with Gasteiger partial charge < -0.3 is 60.5 Å². The number of benzene rings is 3. The van der Waals surface area contributed by atoms with Gasteiger partial charge in [0, 0.05) is 87.6 Å². The highest BCUT2D eigenvalue weighted by atomic mass is 33.1. The lowest BCUT2D eigenvalue weighted by Gasteiger charge is -2.36. The summed E-state index contributed by atoms with van der Waals surface area (Å²) in [5.74, 6) is -5.21. The summed E-state index contributed by atoms with van der Waals surface area (Å²) in [5, 5.41) is 29.6. The molecule has 3 aromatic carbocycles. The van der Waals surface area contributed by atoms with E-state index in [9.17, 15) is 62.6 Å². The fraction of sp³-hybridized carbons (Fsp3) is 0.587. The molecule has 105 heavy (non-hydrogen) atoms. The molecule has 2 heterocycles. The van der Waals surface area contributed by atoms with Crippen molar-refractivity contribution in [1.29, 1.82) is 0 Å². The van der Waals surface area contributed by atoms with Gasteiger partial charge >= 0.3 is 12.1 Å². The van der Waals surface area contributed by atoms with Gasteiger partial charge in [-0.05, 0) is 124 Å². The highest BCUT2D eigenvalue weighted by molar-refractivity contribution is 8.77. The van der Waals surface area contributed by atoms with Gasteiger partial charge in [0.25, 0.3) is 11.8 Å². The molecule has 9 atom stereocenters. The molecule has 28 nitrogen and oxygen atoms in total. The summed E-state index contributed by atoms with van der Waals surface area (Å²) < 4.78 is 16.8. The van der Waals surface area contributed by atoms with Crippen molar-refractivity contribution in [3.8, 4) is 5.75 Å². The number of hydrogen-bond acceptors (Lipinski definition) is 20. The molecule has 3 aromatic rings. The molecule has 11 amide bonds. The Labute approximate surface area is 623 Å². The van der Waals surface area contributed by atoms with Crippen LogP contribution in [0.4, 0.5) is 10.5 Å². The number of anilines is 1. The molecule has 7 N–H and O–H groups in total. The van der Waals surface area contributed by atoms with Gasteiger partial charge in [-0.2, -0.15) is 5.10 Å². The molecule has 1 aliphatic carbocycles. The first-order chi connectivity index (χ1) is 49.8. The van der Waals surface area contributed by atoms with E-state index in [1.165, 1.54) is 40.6 Å². The Morgan fingerprint density at radius 1 is 0.762 bits per heavy atom. The molecule has 0 radical (unpaired) electrons. The van der Waals surface area contributed by atoms with E-state index in [0.29, 0.717) is 78.4 Å². The van der Waals surface area contributed by atoms with E-state index < -0.39 is 82.6 Å². The van der Waals surface area contributed by atoms with Crippen molar-refractivity contribution in [2.75, 3.05) is 58.5 Å². The summed E-state index contributed by atoms with van der Waals surface area (Å²) in [6.07, 6.45) is 2.10. The van der Waals surface area contributed by atoms with E-state index in [1.807, 2.05) is 58.0 Å². The summed E-state index contributed by atoms with van der Waals surface area (Å²) in [6, 6.07) is 17.8. The molecule has 30 heteroatoms. The number of aliphatic hydroxyl groups excluding tert-OH is 1. The third-order valence-corrected chi connectivity index (χ3v) is 22.2. The van der Waals surface area contributed by atoms with Crippen LogP contribution in [0.3, 0.4) is 0 Å². The average molecular weight is 1500 g/mol. The minimum absolute atomic E-state index is 0.00719. The van der Waals surface area contributed by atoms with Crippen LogP contribution in [0.5, 0.6) is 5.75 Å². The number of ether oxygens (including phenoxy) is 3. The lowest BCUT2D eigenvalue weighted by Crippen LogP contribution is -2.53. The molecular formula is C75H107N11O17S2. The van der Waals surface area contributed by atoms with Crippen LogP contribution in [-0.2, 0) is 80.1 Å². The molecule has 3 aliphatic rings. The summed E-state index contributed by atoms with van der Waals surface area (Å²) in [4.78, 5) is 166. The number of amides is 11. The number of nitrogens with zero attached hydrogens (tertiary/aromatic N) is 5. The minimum Gasteiger partial charge on any atom is -0.494 e. The van der Waals surface area contributed by atoms with E-state index in [1.54, 1.807) is 101 Å². The Morgan fingerprint density at radius 3 is 2.10 bits per heavy atom. The Hall–Kier alpha value is -8.61. The number of aliphatic hydroxyl groups is 1. The molecule has 2 saturated heterocycles. The topological polar surface area (TPSA) is 359 Å². The number of likely N-dealkylation sites (N-methyl/N-ethyl adjacent to an activating group) is 2. The molecule has 2 fully saturated rings. The average Bonchev–Trinajstić information content (AvgIpc) is 1.73. The highest BCUT2D eigenvalue weighted by Crippen LogP contribution is 2.39. The molecule has 0 aromatic heterocycles. The van der Waals surface area contributed by atoms with Gasteiger partial charge in [-0.1, -0.05) is 119 Å². The standard InChI is InChI=1S/C75H107N11O17S2/c1-14-47(6)57(32-33-62(90)85-37-18-22-58(85)70(100-13)48(7)71(96)78-49(8)69(95)51-20-16-15-17-21-51)83(11)65(93)43-77-73(98)68(46(4)5)84(12)74(99)102-44-50-24-27-53(28-25-50)79-61(89)42-76-72(97)67(45(2)3)80-59(87)36-39-104-105-75(9,10)41-60(88)82-81-56-31-26-52-40-54(29-30-55(52)56)101-38-19-23-66(94)103-86-63(91)34-35-64(86)92/h15-17,20-21,24-25,27-30,40,45-49,57-58,67-70,95H,14,18-19,22-23,26,31-39,41-44H2,1-13H3,(H,76,97)(H,77,98)(H,78,96)(H,79,89)(H,80,87)(H,82,88)/b81-56+/t47-,48+,49+,57+,58-,67-,68-,69+,70+/m0/s1. The second kappa shape index (κ2) is 41.3. The Kier molecular flexibility index (Phi) is 33.6. The summed E-state index contributed by atoms with van der Waals surface area (Å²) in [5.41, 5.74) is 6.94. The normalized spacial score (nSPS) is 17.0. The van der Waals surface area contributed by atoms with Crippen LogP contribution in [0.2, 0.25) is 0 Å². The van der Waals surface area contributed by atoms with Gasteiger partial charge in [-0.25, -0.2) is 15.0 Å². The number of imide groups is 1. The lowest BCUT2D eigenvalue weighted by atomic mass is 9.92. The largest absolute Gasteiger partial charge is 0.494 e. The SMILES string of the molecule is CC[C@H](C)[C@@H](CCC(=O)N1CCC[C@H]1[C@H](OC)[C@@H](C)C(=O)N[C@H](C)[C@@H](O)c1ccccc1)N(C)C(=O)CNC(=O)[C@H](C(C)C)N(C)C(=O)OCc1ccc(NC(=O)CNC(=O)[C@@H](NC(=O)CCSSC(C)(C)CC(=O)N/N=C2\CCc3cc(OCCCC(=O)ON4C(=O)CCC4=O)ccc32)C(C)C)cc1. The van der Waals surface area contributed by atoms with E-state index in [4.69, 9.17) is 19.0 Å². The predicted octanol–water partition coefficient (Wildman–Crippen LogP) is 7.30. The minimum atomic E-state index is -1.01. The first-order valence-electron chi connectivity index (χ1n) is 36.1. The summed E-state index contributed by atoms with van der Waals surface area (Å²) >= 11 is 0. The number of hydroxylamine groups is 2. The number of aryl methyl sites for hydroxylation is 1.